The van der Waals surface area contributed by atoms with Gasteiger partial charge < -0.3 is 15.8 Å². The van der Waals surface area contributed by atoms with Gasteiger partial charge in [0, 0.05) is 20.1 Å². The molecule has 0 bridgehead atoms. The van der Waals surface area contributed by atoms with Crippen molar-refractivity contribution < 1.29 is 9.53 Å². The van der Waals surface area contributed by atoms with Crippen LogP contribution in [0.2, 0.25) is 0 Å². The zero-order valence-corrected chi connectivity index (χ0v) is 11.4. The van der Waals surface area contributed by atoms with Crippen LogP contribution in [-0.2, 0) is 9.53 Å². The maximum atomic E-state index is 11.4. The third-order valence-corrected chi connectivity index (χ3v) is 2.55. The molecule has 1 aromatic carbocycles. The Morgan fingerprint density at radius 3 is 2.61 bits per heavy atom. The largest absolute Gasteiger partial charge is 0.375 e. The highest BCUT2D eigenvalue weighted by Gasteiger charge is 2.11. The van der Waals surface area contributed by atoms with E-state index >= 15 is 0 Å². The lowest BCUT2D eigenvalue weighted by molar-refractivity contribution is -0.121. The summed E-state index contributed by atoms with van der Waals surface area (Å²) in [4.78, 5) is 11.4. The molecule has 0 spiro atoms. The molecule has 1 unspecified atom stereocenters. The van der Waals surface area contributed by atoms with Crippen molar-refractivity contribution in [2.45, 2.75) is 18.9 Å². The van der Waals surface area contributed by atoms with Crippen molar-refractivity contribution in [1.29, 1.82) is 0 Å². The average molecular weight is 273 g/mol. The smallest absolute Gasteiger partial charge is 0.220 e. The summed E-state index contributed by atoms with van der Waals surface area (Å²) in [6.07, 6.45) is 1.09. The minimum Gasteiger partial charge on any atom is -0.375 e. The Hall–Kier alpha value is -1.10. The first-order valence-electron chi connectivity index (χ1n) is 5.82. The van der Waals surface area contributed by atoms with E-state index in [0.29, 0.717) is 19.5 Å². The number of benzene rings is 1. The highest BCUT2D eigenvalue weighted by atomic mass is 35.5. The van der Waals surface area contributed by atoms with E-state index in [4.69, 9.17) is 10.5 Å². The van der Waals surface area contributed by atoms with Gasteiger partial charge in [0.25, 0.3) is 0 Å². The molecule has 0 radical (unpaired) electrons. The third kappa shape index (κ3) is 6.00. The Kier molecular flexibility index (Phi) is 9.28. The van der Waals surface area contributed by atoms with Crippen LogP contribution in [0.1, 0.15) is 24.5 Å². The molecule has 0 saturated heterocycles. The van der Waals surface area contributed by atoms with Crippen molar-refractivity contribution >= 4 is 18.3 Å². The highest BCUT2D eigenvalue weighted by Crippen LogP contribution is 2.14. The number of halogens is 1. The number of hydrogen-bond donors (Lipinski definition) is 2. The van der Waals surface area contributed by atoms with Crippen molar-refractivity contribution in [1.82, 2.24) is 5.32 Å². The first kappa shape index (κ1) is 16.9. The average Bonchev–Trinajstić information content (AvgIpc) is 2.38. The number of methoxy groups -OCH3 is 1. The first-order chi connectivity index (χ1) is 8.27. The Balaban J connectivity index is 0.00000289. The summed E-state index contributed by atoms with van der Waals surface area (Å²) in [5, 5.41) is 2.85. The van der Waals surface area contributed by atoms with Gasteiger partial charge in [-0.05, 0) is 18.5 Å². The minimum absolute atomic E-state index is 0. The minimum atomic E-state index is -0.0990. The SMILES string of the molecule is COC(CNC(=O)CCCN)c1ccccc1.Cl. The number of carbonyl (C=O) groups is 1. The van der Waals surface area contributed by atoms with E-state index in [2.05, 4.69) is 5.32 Å². The van der Waals surface area contributed by atoms with Gasteiger partial charge in [0.15, 0.2) is 0 Å². The lowest BCUT2D eigenvalue weighted by Crippen LogP contribution is -2.29. The summed E-state index contributed by atoms with van der Waals surface area (Å²) in [7, 11) is 1.64. The van der Waals surface area contributed by atoms with Gasteiger partial charge in [-0.1, -0.05) is 30.3 Å². The summed E-state index contributed by atoms with van der Waals surface area (Å²) < 4.78 is 5.35. The van der Waals surface area contributed by atoms with Gasteiger partial charge in [0.05, 0.1) is 6.10 Å². The molecule has 5 heteroatoms. The molecule has 0 aliphatic heterocycles. The summed E-state index contributed by atoms with van der Waals surface area (Å²) in [5.74, 6) is 0.0217. The summed E-state index contributed by atoms with van der Waals surface area (Å²) in [6, 6.07) is 9.84. The predicted octanol–water partition coefficient (Wildman–Crippen LogP) is 1.65. The van der Waals surface area contributed by atoms with Crippen molar-refractivity contribution in [3.05, 3.63) is 35.9 Å². The van der Waals surface area contributed by atoms with E-state index in [1.807, 2.05) is 30.3 Å². The molecule has 1 aromatic rings. The maximum Gasteiger partial charge on any atom is 0.220 e. The summed E-state index contributed by atoms with van der Waals surface area (Å²) in [5.41, 5.74) is 6.41. The predicted molar refractivity (Wildman–Crippen MR) is 74.7 cm³/mol. The Morgan fingerprint density at radius 1 is 1.39 bits per heavy atom. The Labute approximate surface area is 114 Å². The topological polar surface area (TPSA) is 64.3 Å². The van der Waals surface area contributed by atoms with Crippen LogP contribution in [0, 0.1) is 0 Å². The number of ether oxygens (including phenoxy) is 1. The number of amides is 1. The normalized spacial score (nSPS) is 11.4. The van der Waals surface area contributed by atoms with Gasteiger partial charge in [-0.25, -0.2) is 0 Å². The molecule has 1 amide bonds. The van der Waals surface area contributed by atoms with Crippen LogP contribution in [0.25, 0.3) is 0 Å². The van der Waals surface area contributed by atoms with Gasteiger partial charge in [-0.3, -0.25) is 4.79 Å². The molecule has 0 aromatic heterocycles. The Morgan fingerprint density at radius 2 is 2.06 bits per heavy atom. The number of carbonyl (C=O) groups excluding carboxylic acids is 1. The van der Waals surface area contributed by atoms with E-state index < -0.39 is 0 Å². The van der Waals surface area contributed by atoms with E-state index in [0.717, 1.165) is 12.0 Å². The molecule has 0 heterocycles. The molecule has 4 nitrogen and oxygen atoms in total. The van der Waals surface area contributed by atoms with E-state index in [-0.39, 0.29) is 24.4 Å². The lowest BCUT2D eigenvalue weighted by Gasteiger charge is -2.16. The monoisotopic (exact) mass is 272 g/mol. The highest BCUT2D eigenvalue weighted by molar-refractivity contribution is 5.85. The molecule has 0 aliphatic carbocycles. The van der Waals surface area contributed by atoms with E-state index in [1.54, 1.807) is 7.11 Å². The van der Waals surface area contributed by atoms with Crippen LogP contribution in [0.15, 0.2) is 30.3 Å². The van der Waals surface area contributed by atoms with E-state index in [9.17, 15) is 4.79 Å². The number of hydrogen-bond acceptors (Lipinski definition) is 3. The van der Waals surface area contributed by atoms with Crippen LogP contribution >= 0.6 is 12.4 Å². The van der Waals surface area contributed by atoms with Gasteiger partial charge in [-0.2, -0.15) is 0 Å². The van der Waals surface area contributed by atoms with E-state index in [1.165, 1.54) is 0 Å². The molecule has 102 valence electrons. The molecule has 18 heavy (non-hydrogen) atoms. The molecule has 0 saturated carbocycles. The summed E-state index contributed by atoms with van der Waals surface area (Å²) in [6.45, 7) is 1.03. The molecule has 3 N–H and O–H groups in total. The van der Waals surface area contributed by atoms with Crippen LogP contribution < -0.4 is 11.1 Å². The summed E-state index contributed by atoms with van der Waals surface area (Å²) >= 11 is 0. The quantitative estimate of drug-likeness (QED) is 0.793. The third-order valence-electron chi connectivity index (χ3n) is 2.55. The fraction of sp³-hybridized carbons (Fsp3) is 0.462. The Bertz CT molecular complexity index is 333. The number of nitrogens with one attached hydrogen (secondary N) is 1. The molecule has 1 rings (SSSR count). The van der Waals surface area contributed by atoms with Crippen LogP contribution in [0.4, 0.5) is 0 Å². The van der Waals surface area contributed by atoms with Crippen molar-refractivity contribution in [3.63, 3.8) is 0 Å². The second-order valence-corrected chi connectivity index (χ2v) is 3.83. The van der Waals surface area contributed by atoms with Crippen molar-refractivity contribution in [3.8, 4) is 0 Å². The van der Waals surface area contributed by atoms with Crippen LogP contribution in [-0.4, -0.2) is 26.1 Å². The van der Waals surface area contributed by atoms with Crippen LogP contribution in [0.3, 0.4) is 0 Å². The van der Waals surface area contributed by atoms with Gasteiger partial charge in [0.2, 0.25) is 5.91 Å². The molecular formula is C13H21ClN2O2. The van der Waals surface area contributed by atoms with Crippen molar-refractivity contribution in [2.24, 2.45) is 5.73 Å². The first-order valence-corrected chi connectivity index (χ1v) is 5.82. The second kappa shape index (κ2) is 9.88. The van der Waals surface area contributed by atoms with Crippen molar-refractivity contribution in [2.75, 3.05) is 20.2 Å². The zero-order valence-electron chi connectivity index (χ0n) is 10.6. The molecule has 1 atom stereocenters. The van der Waals surface area contributed by atoms with Gasteiger partial charge in [-0.15, -0.1) is 12.4 Å². The van der Waals surface area contributed by atoms with Gasteiger partial charge >= 0.3 is 0 Å². The molecular weight excluding hydrogens is 252 g/mol. The fourth-order valence-electron chi connectivity index (χ4n) is 1.56. The standard InChI is InChI=1S/C13H20N2O2.ClH/c1-17-12(11-6-3-2-4-7-11)10-15-13(16)8-5-9-14;/h2-4,6-7,12H,5,8-10,14H2,1H3,(H,15,16);1H. The lowest BCUT2D eigenvalue weighted by atomic mass is 10.1. The van der Waals surface area contributed by atoms with Gasteiger partial charge in [0.1, 0.15) is 0 Å². The molecule has 0 aliphatic rings. The van der Waals surface area contributed by atoms with Crippen LogP contribution in [0.5, 0.6) is 0 Å². The fourth-order valence-corrected chi connectivity index (χ4v) is 1.56. The number of rotatable bonds is 7. The molecule has 0 fully saturated rings. The second-order valence-electron chi connectivity index (χ2n) is 3.83. The number of nitrogens with two attached hydrogens (primary N) is 1. The maximum absolute atomic E-state index is 11.4. The zero-order chi connectivity index (χ0) is 12.5.